The molecule has 0 fully saturated rings. The number of nitrogens with one attached hydrogen (secondary N) is 3. The summed E-state index contributed by atoms with van der Waals surface area (Å²) >= 11 is 4.49. The first kappa shape index (κ1) is 35.2. The maximum atomic E-state index is 12.5. The number of aliphatic hydroxyl groups is 1. The van der Waals surface area contributed by atoms with Crippen LogP contribution in [0, 0.1) is 7.14 Å². The number of hydrogen-bond donors (Lipinski definition) is 4. The van der Waals surface area contributed by atoms with E-state index in [1.165, 1.54) is 7.11 Å². The third kappa shape index (κ3) is 8.49. The van der Waals surface area contributed by atoms with Crippen LogP contribution in [0.5, 0.6) is 17.2 Å². The number of carbonyl (C=O) groups excluding carboxylic acids is 2. The summed E-state index contributed by atoms with van der Waals surface area (Å²) in [4.78, 5) is 24.7. The summed E-state index contributed by atoms with van der Waals surface area (Å²) in [5, 5.41) is 22.6. The minimum absolute atomic E-state index is 0.151. The lowest BCUT2D eigenvalue weighted by molar-refractivity contribution is -0.136. The quantitative estimate of drug-likeness (QED) is 0.0413. The molecule has 0 radical (unpaired) electrons. The van der Waals surface area contributed by atoms with Crippen LogP contribution in [-0.4, -0.2) is 49.9 Å². The van der Waals surface area contributed by atoms with E-state index >= 15 is 0 Å². The van der Waals surface area contributed by atoms with Crippen LogP contribution in [0.1, 0.15) is 36.6 Å². The SMILES string of the molecule is CCOc1cc([C@@H]2NC(=O)NC(C)=C2C(=O)OC)ccc1OC[C@@H](O)N/N=C/c1cc(I)cc(I)c1OCc1cccc2ccccc12. The van der Waals surface area contributed by atoms with Crippen molar-refractivity contribution in [1.82, 2.24) is 16.1 Å². The topological polar surface area (TPSA) is 140 Å². The number of allylic oxidation sites excluding steroid dienone is 1. The number of hydrazone groups is 1. The number of esters is 1. The van der Waals surface area contributed by atoms with Crippen molar-refractivity contribution in [3.8, 4) is 17.2 Å². The van der Waals surface area contributed by atoms with Gasteiger partial charge in [0.05, 0.1) is 35.1 Å². The molecular formula is C35H34I2N4O7. The Balaban J connectivity index is 1.25. The molecule has 0 bridgehead atoms. The van der Waals surface area contributed by atoms with E-state index in [2.05, 4.69) is 90.6 Å². The summed E-state index contributed by atoms with van der Waals surface area (Å²) in [6, 6.07) is 22.2. The number of rotatable bonds is 13. The Kier molecular flexibility index (Phi) is 12.0. The van der Waals surface area contributed by atoms with Gasteiger partial charge in [-0.15, -0.1) is 0 Å². The highest BCUT2D eigenvalue weighted by Gasteiger charge is 2.32. The standard InChI is InChI=1S/C35H34I2N4O7/c1-4-46-29-15-22(32-31(34(43)45-3)20(2)39-35(44)40-32)12-13-28(29)47-19-30(42)41-38-17-24-14-25(36)16-27(37)33(24)48-18-23-10-7-9-21-8-5-6-11-26(21)23/h5-17,30,32,41-42H,4,18-19H2,1-3H3,(H2,39,40,44)/b38-17+/t30-,32+/m1/s1. The van der Waals surface area contributed by atoms with E-state index in [1.807, 2.05) is 37.3 Å². The van der Waals surface area contributed by atoms with Crippen molar-refractivity contribution >= 4 is 74.2 Å². The first-order valence-corrected chi connectivity index (χ1v) is 17.2. The van der Waals surface area contributed by atoms with Gasteiger partial charge in [0, 0.05) is 14.8 Å². The van der Waals surface area contributed by atoms with Gasteiger partial charge >= 0.3 is 12.0 Å². The molecule has 0 saturated heterocycles. The van der Waals surface area contributed by atoms with Crippen LogP contribution in [0.3, 0.4) is 0 Å². The van der Waals surface area contributed by atoms with E-state index in [1.54, 1.807) is 31.3 Å². The molecule has 4 aromatic rings. The Morgan fingerprint density at radius 3 is 2.62 bits per heavy atom. The molecule has 2 amide bonds. The Bertz CT molecular complexity index is 1880. The Morgan fingerprint density at radius 1 is 1.04 bits per heavy atom. The van der Waals surface area contributed by atoms with Gasteiger partial charge in [0.2, 0.25) is 0 Å². The van der Waals surface area contributed by atoms with Gasteiger partial charge in [-0.25, -0.2) is 9.59 Å². The summed E-state index contributed by atoms with van der Waals surface area (Å²) in [5.41, 5.74) is 5.79. The third-order valence-corrected chi connectivity index (χ3v) is 8.81. The number of amides is 2. The smallest absolute Gasteiger partial charge is 0.337 e. The Labute approximate surface area is 305 Å². The monoisotopic (exact) mass is 876 g/mol. The minimum atomic E-state index is -1.16. The number of fused-ring (bicyclic) bond motifs is 1. The number of urea groups is 1. The second kappa shape index (κ2) is 16.3. The Hall–Kier alpha value is -4.09. The van der Waals surface area contributed by atoms with Gasteiger partial charge in [0.1, 0.15) is 19.0 Å². The molecule has 1 aliphatic heterocycles. The maximum Gasteiger partial charge on any atom is 0.337 e. The fraction of sp³-hybridized carbons (Fsp3) is 0.229. The predicted octanol–water partition coefficient (Wildman–Crippen LogP) is 6.15. The average Bonchev–Trinajstić information content (AvgIpc) is 3.06. The first-order valence-electron chi connectivity index (χ1n) is 15.0. The molecule has 0 aliphatic carbocycles. The Morgan fingerprint density at radius 2 is 1.83 bits per heavy atom. The van der Waals surface area contributed by atoms with Gasteiger partial charge < -0.3 is 34.7 Å². The van der Waals surface area contributed by atoms with Crippen molar-refractivity contribution in [2.75, 3.05) is 20.3 Å². The van der Waals surface area contributed by atoms with Crippen molar-refractivity contribution in [3.05, 3.63) is 108 Å². The number of methoxy groups -OCH3 is 1. The number of hydrogen-bond acceptors (Lipinski definition) is 9. The van der Waals surface area contributed by atoms with Crippen molar-refractivity contribution < 1.29 is 33.6 Å². The van der Waals surface area contributed by atoms with Gasteiger partial charge in [0.25, 0.3) is 0 Å². The van der Waals surface area contributed by atoms with Crippen LogP contribution in [-0.2, 0) is 16.1 Å². The van der Waals surface area contributed by atoms with Crippen LogP contribution in [0.25, 0.3) is 10.8 Å². The predicted molar refractivity (Wildman–Crippen MR) is 199 cm³/mol. The van der Waals surface area contributed by atoms with E-state index in [9.17, 15) is 14.7 Å². The number of nitrogens with zero attached hydrogens (tertiary/aromatic N) is 1. The summed E-state index contributed by atoms with van der Waals surface area (Å²) in [7, 11) is 1.28. The van der Waals surface area contributed by atoms with Crippen molar-refractivity contribution in [2.24, 2.45) is 5.10 Å². The molecule has 11 nitrogen and oxygen atoms in total. The highest BCUT2D eigenvalue weighted by molar-refractivity contribution is 14.1. The fourth-order valence-electron chi connectivity index (χ4n) is 5.21. The minimum Gasteiger partial charge on any atom is -0.490 e. The summed E-state index contributed by atoms with van der Waals surface area (Å²) in [6.45, 7) is 4.02. The molecule has 0 aromatic heterocycles. The summed E-state index contributed by atoms with van der Waals surface area (Å²) in [5.74, 6) is 0.859. The van der Waals surface area contributed by atoms with E-state index in [0.717, 1.165) is 29.0 Å². The van der Waals surface area contributed by atoms with E-state index in [4.69, 9.17) is 18.9 Å². The van der Waals surface area contributed by atoms with Gasteiger partial charge in [-0.3, -0.25) is 5.43 Å². The van der Waals surface area contributed by atoms with E-state index < -0.39 is 24.3 Å². The zero-order valence-corrected chi connectivity index (χ0v) is 30.7. The zero-order valence-electron chi connectivity index (χ0n) is 26.4. The molecule has 5 rings (SSSR count). The molecule has 48 heavy (non-hydrogen) atoms. The van der Waals surface area contributed by atoms with Crippen LogP contribution in [0.4, 0.5) is 4.79 Å². The van der Waals surface area contributed by atoms with Gasteiger partial charge in [-0.2, -0.15) is 5.10 Å². The summed E-state index contributed by atoms with van der Waals surface area (Å²) in [6.07, 6.45) is 0.450. The van der Waals surface area contributed by atoms with Crippen LogP contribution in [0.2, 0.25) is 0 Å². The molecule has 0 unspecified atom stereocenters. The molecule has 2 atom stereocenters. The summed E-state index contributed by atoms with van der Waals surface area (Å²) < 4.78 is 24.9. The molecule has 0 saturated carbocycles. The molecule has 13 heteroatoms. The average molecular weight is 876 g/mol. The molecule has 0 spiro atoms. The molecular weight excluding hydrogens is 842 g/mol. The van der Waals surface area contributed by atoms with Crippen LogP contribution in [0.15, 0.2) is 89.2 Å². The van der Waals surface area contributed by atoms with Gasteiger partial charge in [0.15, 0.2) is 17.7 Å². The maximum absolute atomic E-state index is 12.5. The van der Waals surface area contributed by atoms with E-state index in [-0.39, 0.29) is 12.2 Å². The first-order chi connectivity index (χ1) is 23.2. The molecule has 250 valence electrons. The van der Waals surface area contributed by atoms with Crippen LogP contribution >= 0.6 is 45.2 Å². The van der Waals surface area contributed by atoms with Gasteiger partial charge in [-0.1, -0.05) is 48.5 Å². The van der Waals surface area contributed by atoms with Crippen molar-refractivity contribution in [1.29, 1.82) is 0 Å². The largest absolute Gasteiger partial charge is 0.490 e. The number of ether oxygens (including phenoxy) is 4. The number of halogens is 2. The van der Waals surface area contributed by atoms with Gasteiger partial charge in [-0.05, 0) is 105 Å². The van der Waals surface area contributed by atoms with Crippen molar-refractivity contribution in [3.63, 3.8) is 0 Å². The second-order valence-corrected chi connectivity index (χ2v) is 13.1. The normalized spacial score (nSPS) is 15.1. The lowest BCUT2D eigenvalue weighted by Gasteiger charge is -2.28. The highest BCUT2D eigenvalue weighted by atomic mass is 127. The molecule has 4 aromatic carbocycles. The van der Waals surface area contributed by atoms with E-state index in [0.29, 0.717) is 41.7 Å². The third-order valence-electron chi connectivity index (χ3n) is 7.39. The second-order valence-electron chi connectivity index (χ2n) is 10.6. The number of carbonyl (C=O) groups is 2. The number of aliphatic hydroxyl groups excluding tert-OH is 1. The lowest BCUT2D eigenvalue weighted by atomic mass is 9.95. The molecule has 4 N–H and O–H groups in total. The highest BCUT2D eigenvalue weighted by Crippen LogP contribution is 2.35. The fourth-order valence-corrected chi connectivity index (χ4v) is 7.26. The zero-order chi connectivity index (χ0) is 34.2. The lowest BCUT2D eigenvalue weighted by Crippen LogP contribution is -2.45. The van der Waals surface area contributed by atoms with Crippen LogP contribution < -0.4 is 30.3 Å². The van der Waals surface area contributed by atoms with Crippen molar-refractivity contribution in [2.45, 2.75) is 32.7 Å². The molecule has 1 aliphatic rings. The number of benzene rings is 4. The molecule has 1 heterocycles.